The van der Waals surface area contributed by atoms with Crippen LogP contribution in [0.2, 0.25) is 0 Å². The fourth-order valence-corrected chi connectivity index (χ4v) is 1.07. The van der Waals surface area contributed by atoms with Crippen LogP contribution in [-0.2, 0) is 0 Å². The summed E-state index contributed by atoms with van der Waals surface area (Å²) in [6.07, 6.45) is -3.83. The average molecular weight is 265 g/mol. The maximum Gasteiger partial charge on any atom is 0.324 e. The molecular weight excluding hydrogens is 254 g/mol. The van der Waals surface area contributed by atoms with Crippen LogP contribution in [0.15, 0.2) is 24.3 Å². The monoisotopic (exact) mass is 265 g/mol. The summed E-state index contributed by atoms with van der Waals surface area (Å²) in [6.45, 7) is -1.45. The Morgan fingerprint density at radius 3 is 2.61 bits per heavy atom. The van der Waals surface area contributed by atoms with Crippen LogP contribution >= 0.6 is 0 Å². The van der Waals surface area contributed by atoms with Crippen LogP contribution in [0.4, 0.5) is 33.7 Å². The zero-order valence-electron chi connectivity index (χ0n) is 9.09. The number of carbonyl (C=O) groups excluding carboxylic acids is 1. The van der Waals surface area contributed by atoms with E-state index < -0.39 is 24.9 Å². The molecule has 0 unspecified atom stereocenters. The second kappa shape index (κ2) is 5.56. The maximum atomic E-state index is 12.5. The van der Waals surface area contributed by atoms with Gasteiger partial charge in [0.25, 0.3) is 0 Å². The summed E-state index contributed by atoms with van der Waals surface area (Å²) in [5, 5.41) is 3.84. The van der Waals surface area contributed by atoms with Gasteiger partial charge in [-0.3, -0.25) is 0 Å². The Bertz CT molecular complexity index is 425. The Labute approximate surface area is 100 Å². The first-order valence-electron chi connectivity index (χ1n) is 4.87. The second-order valence-electron chi connectivity index (χ2n) is 3.49. The molecule has 0 bridgehead atoms. The first kappa shape index (κ1) is 14.1. The van der Waals surface area contributed by atoms with E-state index in [2.05, 4.69) is 5.32 Å². The number of hydrogen-bond acceptors (Lipinski definition) is 2. The standard InChI is InChI=1S/C10H11F4N3O/c11-8(12)10(13,14)5-16-9(18)17-7-3-1-2-6(15)4-7/h1-4,8H,5,15H2,(H2,16,17,18). The number of alkyl halides is 4. The largest absolute Gasteiger partial charge is 0.399 e. The molecule has 0 aliphatic carbocycles. The lowest BCUT2D eigenvalue weighted by Crippen LogP contribution is -2.42. The highest BCUT2D eigenvalue weighted by atomic mass is 19.3. The summed E-state index contributed by atoms with van der Waals surface area (Å²) < 4.78 is 48.6. The Hall–Kier alpha value is -1.99. The summed E-state index contributed by atoms with van der Waals surface area (Å²) in [6, 6.07) is 4.96. The van der Waals surface area contributed by atoms with Crippen molar-refractivity contribution in [1.29, 1.82) is 0 Å². The van der Waals surface area contributed by atoms with Crippen molar-refractivity contribution in [2.24, 2.45) is 0 Å². The molecule has 0 saturated heterocycles. The highest BCUT2D eigenvalue weighted by molar-refractivity contribution is 5.89. The molecule has 0 saturated carbocycles. The van der Waals surface area contributed by atoms with E-state index >= 15 is 0 Å². The smallest absolute Gasteiger partial charge is 0.324 e. The molecule has 4 N–H and O–H groups in total. The minimum Gasteiger partial charge on any atom is -0.399 e. The summed E-state index contributed by atoms with van der Waals surface area (Å²) in [7, 11) is 0. The molecule has 0 fully saturated rings. The van der Waals surface area contributed by atoms with Crippen LogP contribution in [0.25, 0.3) is 0 Å². The van der Waals surface area contributed by atoms with Gasteiger partial charge in [0.1, 0.15) is 0 Å². The molecule has 0 radical (unpaired) electrons. The fraction of sp³-hybridized carbons (Fsp3) is 0.300. The van der Waals surface area contributed by atoms with E-state index in [1.54, 1.807) is 17.4 Å². The van der Waals surface area contributed by atoms with Gasteiger partial charge in [0.15, 0.2) is 0 Å². The van der Waals surface area contributed by atoms with Crippen LogP contribution in [0, 0.1) is 0 Å². The van der Waals surface area contributed by atoms with Crippen molar-refractivity contribution in [2.75, 3.05) is 17.6 Å². The average Bonchev–Trinajstić information content (AvgIpc) is 2.26. The lowest BCUT2D eigenvalue weighted by molar-refractivity contribution is -0.123. The minimum absolute atomic E-state index is 0.271. The Kier molecular flexibility index (Phi) is 4.35. The zero-order chi connectivity index (χ0) is 13.8. The van der Waals surface area contributed by atoms with Crippen molar-refractivity contribution < 1.29 is 22.4 Å². The SMILES string of the molecule is Nc1cccc(NC(=O)NCC(F)(F)C(F)F)c1. The van der Waals surface area contributed by atoms with Crippen molar-refractivity contribution >= 4 is 17.4 Å². The van der Waals surface area contributed by atoms with Crippen molar-refractivity contribution in [3.63, 3.8) is 0 Å². The Morgan fingerprint density at radius 2 is 2.06 bits per heavy atom. The van der Waals surface area contributed by atoms with Gasteiger partial charge in [0, 0.05) is 11.4 Å². The van der Waals surface area contributed by atoms with Crippen LogP contribution in [0.5, 0.6) is 0 Å². The Morgan fingerprint density at radius 1 is 1.39 bits per heavy atom. The molecule has 4 nitrogen and oxygen atoms in total. The normalized spacial score (nSPS) is 11.4. The molecule has 0 heterocycles. The molecule has 0 atom stereocenters. The van der Waals surface area contributed by atoms with Crippen LogP contribution < -0.4 is 16.4 Å². The number of nitrogen functional groups attached to an aromatic ring is 1. The molecule has 8 heteroatoms. The predicted molar refractivity (Wildman–Crippen MR) is 58.8 cm³/mol. The molecule has 18 heavy (non-hydrogen) atoms. The number of nitrogens with one attached hydrogen (secondary N) is 2. The van der Waals surface area contributed by atoms with Gasteiger partial charge in [-0.2, -0.15) is 8.78 Å². The molecule has 0 spiro atoms. The number of anilines is 2. The first-order chi connectivity index (χ1) is 8.31. The number of halogens is 4. The molecule has 1 rings (SSSR count). The number of rotatable bonds is 4. The van der Waals surface area contributed by atoms with Crippen molar-refractivity contribution in [2.45, 2.75) is 12.3 Å². The molecule has 0 aliphatic heterocycles. The van der Waals surface area contributed by atoms with Gasteiger partial charge in [-0.05, 0) is 18.2 Å². The highest BCUT2D eigenvalue weighted by Crippen LogP contribution is 2.21. The van der Waals surface area contributed by atoms with Crippen LogP contribution in [-0.4, -0.2) is 24.9 Å². The van der Waals surface area contributed by atoms with Gasteiger partial charge >= 0.3 is 18.4 Å². The van der Waals surface area contributed by atoms with Gasteiger partial charge in [0.2, 0.25) is 0 Å². The number of hydrogen-bond donors (Lipinski definition) is 3. The van der Waals surface area contributed by atoms with Gasteiger partial charge in [0.05, 0.1) is 6.54 Å². The Balaban J connectivity index is 2.48. The number of nitrogens with two attached hydrogens (primary N) is 1. The van der Waals surface area contributed by atoms with E-state index in [0.29, 0.717) is 5.69 Å². The first-order valence-corrected chi connectivity index (χ1v) is 4.87. The molecule has 1 aromatic carbocycles. The van der Waals surface area contributed by atoms with Crippen LogP contribution in [0.3, 0.4) is 0 Å². The van der Waals surface area contributed by atoms with Gasteiger partial charge < -0.3 is 16.4 Å². The van der Waals surface area contributed by atoms with Crippen LogP contribution in [0.1, 0.15) is 0 Å². The number of carbonyl (C=O) groups is 1. The summed E-state index contributed by atoms with van der Waals surface area (Å²) >= 11 is 0. The number of amides is 2. The lowest BCUT2D eigenvalue weighted by atomic mass is 10.3. The van der Waals surface area contributed by atoms with E-state index in [1.807, 2.05) is 0 Å². The third kappa shape index (κ3) is 4.11. The van der Waals surface area contributed by atoms with Crippen molar-refractivity contribution in [3.05, 3.63) is 24.3 Å². The predicted octanol–water partition coefficient (Wildman–Crippen LogP) is 2.29. The molecule has 1 aromatic rings. The van der Waals surface area contributed by atoms with Crippen molar-refractivity contribution in [3.8, 4) is 0 Å². The number of urea groups is 1. The van der Waals surface area contributed by atoms with Gasteiger partial charge in [-0.1, -0.05) is 6.07 Å². The summed E-state index contributed by atoms with van der Waals surface area (Å²) in [5.74, 6) is -4.26. The molecule has 100 valence electrons. The topological polar surface area (TPSA) is 67.1 Å². The third-order valence-electron chi connectivity index (χ3n) is 1.95. The molecule has 0 aromatic heterocycles. The minimum atomic E-state index is -4.26. The van der Waals surface area contributed by atoms with E-state index in [0.717, 1.165) is 0 Å². The van der Waals surface area contributed by atoms with Gasteiger partial charge in [-0.15, -0.1) is 0 Å². The van der Waals surface area contributed by atoms with E-state index in [-0.39, 0.29) is 5.69 Å². The fourth-order valence-electron chi connectivity index (χ4n) is 1.07. The highest BCUT2D eigenvalue weighted by Gasteiger charge is 2.40. The summed E-state index contributed by atoms with van der Waals surface area (Å²) in [5.41, 5.74) is 6.06. The molecule has 2 amide bonds. The molecular formula is C10H11F4N3O. The van der Waals surface area contributed by atoms with Crippen molar-refractivity contribution in [1.82, 2.24) is 5.32 Å². The molecule has 0 aliphatic rings. The lowest BCUT2D eigenvalue weighted by Gasteiger charge is -2.16. The maximum absolute atomic E-state index is 12.5. The van der Waals surface area contributed by atoms with E-state index in [4.69, 9.17) is 5.73 Å². The van der Waals surface area contributed by atoms with E-state index in [1.165, 1.54) is 12.1 Å². The number of benzene rings is 1. The quantitative estimate of drug-likeness (QED) is 0.577. The summed E-state index contributed by atoms with van der Waals surface area (Å²) in [4.78, 5) is 11.2. The zero-order valence-corrected chi connectivity index (χ0v) is 9.09. The second-order valence-corrected chi connectivity index (χ2v) is 3.49. The van der Waals surface area contributed by atoms with E-state index in [9.17, 15) is 22.4 Å². The third-order valence-corrected chi connectivity index (χ3v) is 1.95. The van der Waals surface area contributed by atoms with Gasteiger partial charge in [-0.25, -0.2) is 13.6 Å².